The highest BCUT2D eigenvalue weighted by Gasteiger charge is 2.19. The third-order valence-electron chi connectivity index (χ3n) is 4.83. The van der Waals surface area contributed by atoms with E-state index in [0.717, 1.165) is 38.3 Å². The van der Waals surface area contributed by atoms with Crippen LogP contribution in [0.25, 0.3) is 0 Å². The molecule has 5 heteroatoms. The van der Waals surface area contributed by atoms with Gasteiger partial charge in [0.05, 0.1) is 6.54 Å². The molecule has 0 spiro atoms. The molecule has 1 aliphatic heterocycles. The minimum Gasteiger partial charge on any atom is -0.353 e. The molecule has 3 rings (SSSR count). The van der Waals surface area contributed by atoms with E-state index in [2.05, 4.69) is 39.4 Å². The SMILES string of the molecule is NC(CNC(=O)CN1CCN(Cc2ccccc2)CC1)c1ccccc1. The van der Waals surface area contributed by atoms with E-state index in [1.54, 1.807) is 0 Å². The maximum absolute atomic E-state index is 12.2. The first-order chi connectivity index (χ1) is 12.7. The molecule has 0 aliphatic carbocycles. The zero-order valence-corrected chi connectivity index (χ0v) is 15.2. The Morgan fingerprint density at radius 2 is 1.50 bits per heavy atom. The summed E-state index contributed by atoms with van der Waals surface area (Å²) in [5.41, 5.74) is 8.52. The van der Waals surface area contributed by atoms with Crippen LogP contribution in [0.1, 0.15) is 17.2 Å². The average Bonchev–Trinajstić information content (AvgIpc) is 2.69. The van der Waals surface area contributed by atoms with Gasteiger partial charge in [0.1, 0.15) is 0 Å². The van der Waals surface area contributed by atoms with E-state index in [0.29, 0.717) is 13.1 Å². The molecule has 0 saturated carbocycles. The van der Waals surface area contributed by atoms with Gasteiger partial charge in [-0.3, -0.25) is 14.6 Å². The lowest BCUT2D eigenvalue weighted by atomic mass is 10.1. The van der Waals surface area contributed by atoms with Crippen LogP contribution in [0.5, 0.6) is 0 Å². The Hall–Kier alpha value is -2.21. The number of benzene rings is 2. The minimum atomic E-state index is -0.164. The predicted molar refractivity (Wildman–Crippen MR) is 105 cm³/mol. The standard InChI is InChI=1S/C21H28N4O/c22-20(19-9-5-2-6-10-19)15-23-21(26)17-25-13-11-24(12-14-25)16-18-7-3-1-4-8-18/h1-10,20H,11-17,22H2,(H,23,26). The third kappa shape index (κ3) is 5.66. The number of nitrogens with zero attached hydrogens (tertiary/aromatic N) is 2. The fraction of sp³-hybridized carbons (Fsp3) is 0.381. The molecule has 1 heterocycles. The molecule has 1 atom stereocenters. The summed E-state index contributed by atoms with van der Waals surface area (Å²) in [5, 5.41) is 2.96. The van der Waals surface area contributed by atoms with Crippen molar-refractivity contribution in [1.29, 1.82) is 0 Å². The Labute approximate surface area is 155 Å². The molecule has 2 aromatic rings. The predicted octanol–water partition coefficient (Wildman–Crippen LogP) is 1.62. The highest BCUT2D eigenvalue weighted by atomic mass is 16.2. The second kappa shape index (κ2) is 9.48. The average molecular weight is 352 g/mol. The van der Waals surface area contributed by atoms with E-state index >= 15 is 0 Å². The second-order valence-electron chi connectivity index (χ2n) is 6.86. The summed E-state index contributed by atoms with van der Waals surface area (Å²) in [5.74, 6) is 0.0490. The van der Waals surface area contributed by atoms with Gasteiger partial charge in [-0.15, -0.1) is 0 Å². The molecular weight excluding hydrogens is 324 g/mol. The van der Waals surface area contributed by atoms with E-state index in [-0.39, 0.29) is 11.9 Å². The zero-order valence-electron chi connectivity index (χ0n) is 15.2. The minimum absolute atomic E-state index is 0.0490. The van der Waals surface area contributed by atoms with Crippen LogP contribution in [0.15, 0.2) is 60.7 Å². The van der Waals surface area contributed by atoms with Crippen LogP contribution >= 0.6 is 0 Å². The van der Waals surface area contributed by atoms with Crippen molar-refractivity contribution in [1.82, 2.24) is 15.1 Å². The van der Waals surface area contributed by atoms with Crippen LogP contribution in [-0.2, 0) is 11.3 Å². The fourth-order valence-corrected chi connectivity index (χ4v) is 3.25. The van der Waals surface area contributed by atoms with Crippen molar-refractivity contribution in [3.8, 4) is 0 Å². The van der Waals surface area contributed by atoms with Crippen molar-refractivity contribution >= 4 is 5.91 Å². The summed E-state index contributed by atoms with van der Waals surface area (Å²) < 4.78 is 0. The molecule has 0 aromatic heterocycles. The van der Waals surface area contributed by atoms with Crippen LogP contribution in [0.3, 0.4) is 0 Å². The van der Waals surface area contributed by atoms with Crippen molar-refractivity contribution in [2.45, 2.75) is 12.6 Å². The van der Waals surface area contributed by atoms with Gasteiger partial charge in [0.15, 0.2) is 0 Å². The Morgan fingerprint density at radius 1 is 0.923 bits per heavy atom. The number of hydrogen-bond acceptors (Lipinski definition) is 4. The van der Waals surface area contributed by atoms with E-state index in [9.17, 15) is 4.79 Å². The number of nitrogens with one attached hydrogen (secondary N) is 1. The number of rotatable bonds is 7. The summed E-state index contributed by atoms with van der Waals surface area (Å²) in [7, 11) is 0. The molecule has 5 nitrogen and oxygen atoms in total. The van der Waals surface area contributed by atoms with Crippen molar-refractivity contribution in [3.05, 3.63) is 71.8 Å². The molecule has 0 bridgehead atoms. The molecule has 138 valence electrons. The molecule has 1 saturated heterocycles. The highest BCUT2D eigenvalue weighted by Crippen LogP contribution is 2.09. The maximum Gasteiger partial charge on any atom is 0.234 e. The van der Waals surface area contributed by atoms with E-state index in [1.165, 1.54) is 5.56 Å². The summed E-state index contributed by atoms with van der Waals surface area (Å²) >= 11 is 0. The first-order valence-electron chi connectivity index (χ1n) is 9.26. The zero-order chi connectivity index (χ0) is 18.2. The van der Waals surface area contributed by atoms with Crippen LogP contribution < -0.4 is 11.1 Å². The number of nitrogens with two attached hydrogens (primary N) is 1. The lowest BCUT2D eigenvalue weighted by Crippen LogP contribution is -2.49. The lowest BCUT2D eigenvalue weighted by molar-refractivity contribution is -0.122. The number of amides is 1. The molecule has 1 amide bonds. The summed E-state index contributed by atoms with van der Waals surface area (Å²) in [4.78, 5) is 16.9. The molecule has 3 N–H and O–H groups in total. The van der Waals surface area contributed by atoms with Crippen LogP contribution in [0.4, 0.5) is 0 Å². The van der Waals surface area contributed by atoms with Crippen LogP contribution in [-0.4, -0.2) is 55.0 Å². The molecule has 26 heavy (non-hydrogen) atoms. The number of carbonyl (C=O) groups excluding carboxylic acids is 1. The maximum atomic E-state index is 12.2. The van der Waals surface area contributed by atoms with Gasteiger partial charge in [-0.05, 0) is 11.1 Å². The van der Waals surface area contributed by atoms with Crippen molar-refractivity contribution in [2.75, 3.05) is 39.3 Å². The normalized spacial score (nSPS) is 17.0. The van der Waals surface area contributed by atoms with E-state index in [4.69, 9.17) is 5.73 Å². The van der Waals surface area contributed by atoms with Gasteiger partial charge < -0.3 is 11.1 Å². The Balaban J connectivity index is 1.35. The van der Waals surface area contributed by atoms with E-state index < -0.39 is 0 Å². The monoisotopic (exact) mass is 352 g/mol. The van der Waals surface area contributed by atoms with Gasteiger partial charge in [-0.2, -0.15) is 0 Å². The third-order valence-corrected chi connectivity index (χ3v) is 4.83. The molecule has 2 aromatic carbocycles. The Morgan fingerprint density at radius 3 is 2.15 bits per heavy atom. The largest absolute Gasteiger partial charge is 0.353 e. The Kier molecular flexibility index (Phi) is 6.77. The lowest BCUT2D eigenvalue weighted by Gasteiger charge is -2.34. The summed E-state index contributed by atoms with van der Waals surface area (Å²) in [6, 6.07) is 20.2. The molecule has 1 unspecified atom stereocenters. The first kappa shape index (κ1) is 18.6. The van der Waals surface area contributed by atoms with Gasteiger partial charge in [-0.25, -0.2) is 0 Å². The highest BCUT2D eigenvalue weighted by molar-refractivity contribution is 5.78. The quantitative estimate of drug-likeness (QED) is 0.795. The van der Waals surface area contributed by atoms with E-state index in [1.807, 2.05) is 36.4 Å². The molecule has 1 aliphatic rings. The topological polar surface area (TPSA) is 61.6 Å². The number of hydrogen-bond donors (Lipinski definition) is 2. The molecular formula is C21H28N4O. The van der Waals surface area contributed by atoms with Crippen LogP contribution in [0, 0.1) is 0 Å². The number of piperazine rings is 1. The van der Waals surface area contributed by atoms with Gasteiger partial charge in [0.25, 0.3) is 0 Å². The van der Waals surface area contributed by atoms with Gasteiger partial charge >= 0.3 is 0 Å². The van der Waals surface area contributed by atoms with Gasteiger partial charge in [-0.1, -0.05) is 60.7 Å². The molecule has 1 fully saturated rings. The Bertz CT molecular complexity index is 669. The van der Waals surface area contributed by atoms with Crippen molar-refractivity contribution in [2.24, 2.45) is 5.73 Å². The number of carbonyl (C=O) groups is 1. The first-order valence-corrected chi connectivity index (χ1v) is 9.26. The van der Waals surface area contributed by atoms with Gasteiger partial charge in [0.2, 0.25) is 5.91 Å². The van der Waals surface area contributed by atoms with Crippen molar-refractivity contribution < 1.29 is 4.79 Å². The van der Waals surface area contributed by atoms with Crippen LogP contribution in [0.2, 0.25) is 0 Å². The second-order valence-corrected chi connectivity index (χ2v) is 6.86. The van der Waals surface area contributed by atoms with Gasteiger partial charge in [0, 0.05) is 45.3 Å². The molecule has 0 radical (unpaired) electrons. The smallest absolute Gasteiger partial charge is 0.234 e. The fourth-order valence-electron chi connectivity index (χ4n) is 3.25. The summed E-state index contributed by atoms with van der Waals surface area (Å²) in [6.45, 7) is 5.72. The summed E-state index contributed by atoms with van der Waals surface area (Å²) in [6.07, 6.45) is 0. The van der Waals surface area contributed by atoms with Crippen molar-refractivity contribution in [3.63, 3.8) is 0 Å².